The molecular weight excluding hydrogens is 324 g/mol. The van der Waals surface area contributed by atoms with E-state index in [0.29, 0.717) is 13.1 Å². The second kappa shape index (κ2) is 8.86. The third-order valence-corrected chi connectivity index (χ3v) is 3.81. The first-order valence-electron chi connectivity index (χ1n) is 8.11. The van der Waals surface area contributed by atoms with Gasteiger partial charge in [0.25, 0.3) is 0 Å². The molecule has 7 heteroatoms. The number of hydrogen-bond donors (Lipinski definition) is 1. The van der Waals surface area contributed by atoms with Crippen molar-refractivity contribution in [2.45, 2.75) is 19.4 Å². The molecule has 1 N–H and O–H groups in total. The van der Waals surface area contributed by atoms with Crippen molar-refractivity contribution in [1.29, 1.82) is 0 Å². The summed E-state index contributed by atoms with van der Waals surface area (Å²) in [7, 11) is 1.58. The van der Waals surface area contributed by atoms with Crippen LogP contribution in [0.2, 0.25) is 0 Å². The first-order valence-corrected chi connectivity index (χ1v) is 8.11. The van der Waals surface area contributed by atoms with E-state index < -0.39 is 12.0 Å². The minimum atomic E-state index is -0.846. The lowest BCUT2D eigenvalue weighted by Crippen LogP contribution is -2.57. The van der Waals surface area contributed by atoms with E-state index in [1.807, 2.05) is 12.1 Å². The molecule has 1 heterocycles. The molecule has 2 rings (SSSR count). The van der Waals surface area contributed by atoms with E-state index in [-0.39, 0.29) is 24.8 Å². The summed E-state index contributed by atoms with van der Waals surface area (Å²) in [5.74, 6) is -0.433. The number of ether oxygens (including phenoxy) is 2. The largest absolute Gasteiger partial charge is 0.497 e. The quantitative estimate of drug-likeness (QED) is 0.613. The van der Waals surface area contributed by atoms with Gasteiger partial charge in [0, 0.05) is 19.2 Å². The number of rotatable bonds is 6. The van der Waals surface area contributed by atoms with Crippen LogP contribution in [0.3, 0.4) is 0 Å². The molecular formula is C18H22N2O5. The van der Waals surface area contributed by atoms with E-state index >= 15 is 0 Å². The molecule has 7 nitrogen and oxygen atoms in total. The number of carbonyl (C=O) groups is 3. The fourth-order valence-electron chi connectivity index (χ4n) is 2.54. The van der Waals surface area contributed by atoms with E-state index in [2.05, 4.69) is 5.32 Å². The molecule has 0 unspecified atom stereocenters. The molecule has 0 radical (unpaired) electrons. The van der Waals surface area contributed by atoms with Gasteiger partial charge >= 0.3 is 5.97 Å². The third kappa shape index (κ3) is 5.07. The zero-order valence-corrected chi connectivity index (χ0v) is 14.4. The summed E-state index contributed by atoms with van der Waals surface area (Å²) in [5, 5.41) is 2.67. The molecule has 1 aliphatic heterocycles. The Kier molecular flexibility index (Phi) is 6.56. The van der Waals surface area contributed by atoms with Crippen LogP contribution < -0.4 is 10.1 Å². The molecule has 0 spiro atoms. The zero-order chi connectivity index (χ0) is 18.2. The monoisotopic (exact) mass is 346 g/mol. The predicted molar refractivity (Wildman–Crippen MR) is 91.8 cm³/mol. The van der Waals surface area contributed by atoms with E-state index in [9.17, 15) is 14.4 Å². The number of hydrogen-bond acceptors (Lipinski definition) is 5. The van der Waals surface area contributed by atoms with Gasteiger partial charge in [-0.2, -0.15) is 0 Å². The summed E-state index contributed by atoms with van der Waals surface area (Å²) >= 11 is 0. The highest BCUT2D eigenvalue weighted by atomic mass is 16.5. The van der Waals surface area contributed by atoms with E-state index in [0.717, 1.165) is 11.3 Å². The molecule has 0 bridgehead atoms. The average Bonchev–Trinajstić information content (AvgIpc) is 2.62. The van der Waals surface area contributed by atoms with Crippen LogP contribution in [0.25, 0.3) is 6.08 Å². The number of methoxy groups -OCH3 is 1. The Balaban J connectivity index is 2.06. The van der Waals surface area contributed by atoms with Gasteiger partial charge < -0.3 is 19.7 Å². The number of esters is 1. The van der Waals surface area contributed by atoms with Crippen molar-refractivity contribution in [3.05, 3.63) is 35.9 Å². The summed E-state index contributed by atoms with van der Waals surface area (Å²) in [6, 6.07) is 6.38. The molecule has 1 atom stereocenters. The second-order valence-electron chi connectivity index (χ2n) is 5.45. The van der Waals surface area contributed by atoms with Crippen molar-refractivity contribution in [3.8, 4) is 5.75 Å². The van der Waals surface area contributed by atoms with E-state index in [4.69, 9.17) is 9.47 Å². The minimum Gasteiger partial charge on any atom is -0.497 e. The minimum absolute atomic E-state index is 0.151. The van der Waals surface area contributed by atoms with Gasteiger partial charge in [-0.1, -0.05) is 12.1 Å². The number of carbonyl (C=O) groups excluding carboxylic acids is 3. The Hall–Kier alpha value is -2.83. The second-order valence-corrected chi connectivity index (χ2v) is 5.45. The number of amides is 2. The molecule has 25 heavy (non-hydrogen) atoms. The van der Waals surface area contributed by atoms with Gasteiger partial charge in [0.2, 0.25) is 11.8 Å². The van der Waals surface area contributed by atoms with Gasteiger partial charge in [0.1, 0.15) is 11.8 Å². The van der Waals surface area contributed by atoms with Crippen molar-refractivity contribution in [2.24, 2.45) is 0 Å². The smallest absolute Gasteiger partial charge is 0.308 e. The highest BCUT2D eigenvalue weighted by Crippen LogP contribution is 2.14. The standard InChI is InChI=1S/C18H22N2O5/c1-3-25-17(22)12-15-18(23)19-10-11-20(15)16(21)9-6-13-4-7-14(24-2)8-5-13/h4-9,15H,3,10-12H2,1-2H3,(H,19,23)/t15-/m1/s1. The fraction of sp³-hybridized carbons (Fsp3) is 0.389. The molecule has 1 aromatic carbocycles. The summed E-state index contributed by atoms with van der Waals surface area (Å²) in [6.45, 7) is 2.64. The number of benzene rings is 1. The van der Waals surface area contributed by atoms with Gasteiger partial charge in [0.05, 0.1) is 20.1 Å². The zero-order valence-electron chi connectivity index (χ0n) is 14.4. The molecule has 0 saturated carbocycles. The summed E-state index contributed by atoms with van der Waals surface area (Å²) in [6.07, 6.45) is 2.91. The first kappa shape index (κ1) is 18.5. The fourth-order valence-corrected chi connectivity index (χ4v) is 2.54. The lowest BCUT2D eigenvalue weighted by molar-refractivity contribution is -0.150. The van der Waals surface area contributed by atoms with Crippen molar-refractivity contribution < 1.29 is 23.9 Å². The Morgan fingerprint density at radius 2 is 2.04 bits per heavy atom. The summed E-state index contributed by atoms with van der Waals surface area (Å²) in [4.78, 5) is 37.6. The van der Waals surface area contributed by atoms with Crippen molar-refractivity contribution in [2.75, 3.05) is 26.8 Å². The summed E-state index contributed by atoms with van der Waals surface area (Å²) in [5.41, 5.74) is 0.831. The highest BCUT2D eigenvalue weighted by molar-refractivity contribution is 5.97. The highest BCUT2D eigenvalue weighted by Gasteiger charge is 2.34. The Bertz CT molecular complexity index is 654. The molecule has 1 aromatic rings. The van der Waals surface area contributed by atoms with Gasteiger partial charge in [-0.3, -0.25) is 14.4 Å². The van der Waals surface area contributed by atoms with Crippen molar-refractivity contribution in [3.63, 3.8) is 0 Å². The molecule has 0 aromatic heterocycles. The number of nitrogens with one attached hydrogen (secondary N) is 1. The van der Waals surface area contributed by atoms with E-state index in [1.165, 1.54) is 11.0 Å². The Morgan fingerprint density at radius 3 is 2.68 bits per heavy atom. The van der Waals surface area contributed by atoms with Gasteiger partial charge in [-0.25, -0.2) is 0 Å². The molecule has 2 amide bonds. The first-order chi connectivity index (χ1) is 12.0. The normalized spacial score (nSPS) is 17.3. The van der Waals surface area contributed by atoms with Crippen LogP contribution in [0.15, 0.2) is 30.3 Å². The molecule has 1 aliphatic rings. The van der Waals surface area contributed by atoms with Crippen LogP contribution in [0.4, 0.5) is 0 Å². The number of nitrogens with zero attached hydrogens (tertiary/aromatic N) is 1. The maximum Gasteiger partial charge on any atom is 0.308 e. The van der Waals surface area contributed by atoms with Crippen LogP contribution in [-0.2, 0) is 19.1 Å². The maximum atomic E-state index is 12.5. The topological polar surface area (TPSA) is 84.9 Å². The predicted octanol–water partition coefficient (Wildman–Crippen LogP) is 0.989. The van der Waals surface area contributed by atoms with Crippen molar-refractivity contribution in [1.82, 2.24) is 10.2 Å². The van der Waals surface area contributed by atoms with Gasteiger partial charge in [-0.15, -0.1) is 0 Å². The molecule has 0 aliphatic carbocycles. The molecule has 1 saturated heterocycles. The third-order valence-electron chi connectivity index (χ3n) is 3.81. The van der Waals surface area contributed by atoms with Crippen LogP contribution in [0.1, 0.15) is 18.9 Å². The van der Waals surface area contributed by atoms with E-state index in [1.54, 1.807) is 32.2 Å². The van der Waals surface area contributed by atoms with Gasteiger partial charge in [0.15, 0.2) is 0 Å². The lowest BCUT2D eigenvalue weighted by Gasteiger charge is -2.33. The molecule has 134 valence electrons. The summed E-state index contributed by atoms with van der Waals surface area (Å²) < 4.78 is 9.97. The van der Waals surface area contributed by atoms with Crippen molar-refractivity contribution >= 4 is 23.9 Å². The Labute approximate surface area is 146 Å². The lowest BCUT2D eigenvalue weighted by atomic mass is 10.1. The average molecular weight is 346 g/mol. The Morgan fingerprint density at radius 1 is 1.32 bits per heavy atom. The van der Waals surface area contributed by atoms with Gasteiger partial charge in [-0.05, 0) is 30.7 Å². The van der Waals surface area contributed by atoms with Crippen LogP contribution in [0.5, 0.6) is 5.75 Å². The van der Waals surface area contributed by atoms with Crippen LogP contribution >= 0.6 is 0 Å². The molecule has 1 fully saturated rings. The SMILES string of the molecule is CCOC(=O)C[C@@H]1C(=O)NCCN1C(=O)C=Cc1ccc(OC)cc1. The number of piperazine rings is 1. The van der Waals surface area contributed by atoms with Crippen LogP contribution in [-0.4, -0.2) is 55.5 Å². The van der Waals surface area contributed by atoms with Crippen LogP contribution in [0, 0.1) is 0 Å². The maximum absolute atomic E-state index is 12.5.